The van der Waals surface area contributed by atoms with E-state index in [-0.39, 0.29) is 24.0 Å². The first-order chi connectivity index (χ1) is 14.3. The Morgan fingerprint density at radius 3 is 2.06 bits per heavy atom. The quantitative estimate of drug-likeness (QED) is 0.456. The Bertz CT molecular complexity index is 1090. The summed E-state index contributed by atoms with van der Waals surface area (Å²) in [5, 5.41) is 4.29. The lowest BCUT2D eigenvalue weighted by Gasteiger charge is -2.40. The molecule has 4 rings (SSSR count). The zero-order valence-corrected chi connectivity index (χ0v) is 18.9. The first-order valence-corrected chi connectivity index (χ1v) is 11.8. The number of amides is 1. The minimum atomic E-state index is -9.80. The topological polar surface area (TPSA) is 56.6 Å². The molecule has 0 spiro atoms. The Kier molecular flexibility index (Phi) is 4.37. The molecule has 2 aliphatic heterocycles. The molecule has 32 heavy (non-hydrogen) atoms. The number of fused-ring (bicyclic) bond motifs is 1. The van der Waals surface area contributed by atoms with Gasteiger partial charge in [0.05, 0.1) is 17.2 Å². The highest BCUT2D eigenvalue weighted by Gasteiger charge is 2.65. The van der Waals surface area contributed by atoms with E-state index in [1.165, 1.54) is 15.8 Å². The summed E-state index contributed by atoms with van der Waals surface area (Å²) in [6, 6.07) is 2.02. The molecule has 0 N–H and O–H groups in total. The van der Waals surface area contributed by atoms with Crippen molar-refractivity contribution in [3.05, 3.63) is 36.2 Å². The number of benzene rings is 1. The Hall–Kier alpha value is -2.12. The molecule has 1 atom stereocenters. The summed E-state index contributed by atoms with van der Waals surface area (Å²) >= 11 is 0. The van der Waals surface area contributed by atoms with Crippen molar-refractivity contribution in [2.45, 2.75) is 56.8 Å². The summed E-state index contributed by atoms with van der Waals surface area (Å²) in [5.41, 5.74) is -0.666. The van der Waals surface area contributed by atoms with Gasteiger partial charge in [-0.15, -0.1) is 0 Å². The second kappa shape index (κ2) is 6.06. The molecule has 6 nitrogen and oxygen atoms in total. The van der Waals surface area contributed by atoms with E-state index < -0.39 is 39.3 Å². The largest absolute Gasteiger partial charge is 0.498 e. The van der Waals surface area contributed by atoms with Gasteiger partial charge in [0.25, 0.3) is 5.91 Å². The highest BCUT2D eigenvalue weighted by atomic mass is 32.5. The fourth-order valence-corrected chi connectivity index (χ4v) is 4.38. The van der Waals surface area contributed by atoms with Crippen molar-refractivity contribution >= 4 is 34.4 Å². The lowest BCUT2D eigenvalue weighted by Crippen LogP contribution is -2.47. The van der Waals surface area contributed by atoms with Crippen molar-refractivity contribution < 1.29 is 33.5 Å². The zero-order valence-electron chi connectivity index (χ0n) is 18.1. The lowest BCUT2D eigenvalue weighted by atomic mass is 9.78. The van der Waals surface area contributed by atoms with Crippen LogP contribution >= 0.6 is 10.2 Å². The number of carbonyl (C=O) groups excluding carboxylic acids is 1. The highest BCUT2D eigenvalue weighted by molar-refractivity contribution is 8.45. The third-order valence-corrected chi connectivity index (χ3v) is 7.40. The minimum absolute atomic E-state index is 0.0692. The molecule has 176 valence electrons. The van der Waals surface area contributed by atoms with E-state index >= 15 is 0 Å². The monoisotopic (exact) mass is 479 g/mol. The van der Waals surface area contributed by atoms with Gasteiger partial charge in [-0.3, -0.25) is 9.48 Å². The molecule has 0 bridgehead atoms. The average molecular weight is 479 g/mol. The van der Waals surface area contributed by atoms with Crippen molar-refractivity contribution in [3.8, 4) is 0 Å². The third kappa shape index (κ3) is 3.69. The Morgan fingerprint density at radius 2 is 1.56 bits per heavy atom. The van der Waals surface area contributed by atoms with E-state index in [1.54, 1.807) is 6.92 Å². The lowest BCUT2D eigenvalue weighted by molar-refractivity contribution is 0.00578. The smallest absolute Gasteiger partial charge is 0.399 e. The number of carbonyl (C=O) groups is 1. The molecule has 1 fully saturated rings. The van der Waals surface area contributed by atoms with Crippen molar-refractivity contribution in [2.24, 2.45) is 0 Å². The maximum absolute atomic E-state index is 13.3. The first kappa shape index (κ1) is 23.1. The number of hydrogen-bond acceptors (Lipinski definition) is 4. The summed E-state index contributed by atoms with van der Waals surface area (Å²) in [6.45, 7) is 9.33. The van der Waals surface area contributed by atoms with Crippen LogP contribution in [0.15, 0.2) is 35.4 Å². The number of halogens is 5. The van der Waals surface area contributed by atoms with E-state index in [4.69, 9.17) is 9.31 Å². The van der Waals surface area contributed by atoms with Crippen LogP contribution in [0.3, 0.4) is 0 Å². The van der Waals surface area contributed by atoms with Gasteiger partial charge in [0, 0.05) is 23.9 Å². The van der Waals surface area contributed by atoms with Gasteiger partial charge >= 0.3 is 17.3 Å². The van der Waals surface area contributed by atoms with Crippen LogP contribution in [-0.4, -0.2) is 40.6 Å². The molecular weight excluding hydrogens is 456 g/mol. The summed E-state index contributed by atoms with van der Waals surface area (Å²) in [4.78, 5) is 12.6. The molecule has 13 heteroatoms. The van der Waals surface area contributed by atoms with Gasteiger partial charge in [0.15, 0.2) is 0 Å². The highest BCUT2D eigenvalue weighted by Crippen LogP contribution is 3.02. The Morgan fingerprint density at radius 1 is 1.03 bits per heavy atom. The second-order valence-electron chi connectivity index (χ2n) is 9.21. The van der Waals surface area contributed by atoms with Gasteiger partial charge in [-0.25, -0.2) is 0 Å². The van der Waals surface area contributed by atoms with Crippen LogP contribution in [0, 0.1) is 0 Å². The van der Waals surface area contributed by atoms with Crippen molar-refractivity contribution in [1.29, 1.82) is 0 Å². The van der Waals surface area contributed by atoms with Gasteiger partial charge < -0.3 is 14.2 Å². The Labute approximate surface area is 182 Å². The summed E-state index contributed by atoms with van der Waals surface area (Å²) in [6.07, 6.45) is 1.48. The molecule has 2 aromatic rings. The van der Waals surface area contributed by atoms with E-state index in [0.717, 1.165) is 12.1 Å². The second-order valence-corrected chi connectivity index (χ2v) is 11.6. The number of rotatable bonds is 3. The predicted octanol–water partition coefficient (Wildman–Crippen LogP) is 5.06. The van der Waals surface area contributed by atoms with Crippen molar-refractivity contribution in [1.82, 2.24) is 9.78 Å². The molecule has 1 amide bonds. The van der Waals surface area contributed by atoms with Crippen LogP contribution in [0.1, 0.15) is 51.1 Å². The number of hydrogen-bond donors (Lipinski definition) is 0. The molecule has 1 saturated heterocycles. The van der Waals surface area contributed by atoms with Gasteiger partial charge in [0.1, 0.15) is 10.6 Å². The number of nitrogens with zero attached hydrogens (tertiary/aromatic N) is 3. The average Bonchev–Trinajstić information content (AvgIpc) is 3.16. The van der Waals surface area contributed by atoms with Crippen LogP contribution in [0.5, 0.6) is 0 Å². The van der Waals surface area contributed by atoms with Crippen molar-refractivity contribution in [3.63, 3.8) is 0 Å². The predicted molar refractivity (Wildman–Crippen MR) is 112 cm³/mol. The third-order valence-electron chi connectivity index (χ3n) is 6.24. The summed E-state index contributed by atoms with van der Waals surface area (Å²) < 4.78 is 78.8. The van der Waals surface area contributed by atoms with Crippen LogP contribution < -0.4 is 10.4 Å². The van der Waals surface area contributed by atoms with Gasteiger partial charge in [-0.2, -0.15) is 5.10 Å². The van der Waals surface area contributed by atoms with Gasteiger partial charge in [0.2, 0.25) is 0 Å². The van der Waals surface area contributed by atoms with Gasteiger partial charge in [-0.05, 0) is 58.9 Å². The molecule has 1 aromatic carbocycles. The molecular formula is C19H23BF5N3O3S. The maximum atomic E-state index is 13.3. The van der Waals surface area contributed by atoms with Crippen LogP contribution in [-0.2, 0) is 9.31 Å². The molecule has 0 aliphatic carbocycles. The van der Waals surface area contributed by atoms with Crippen molar-refractivity contribution in [2.75, 3.05) is 11.4 Å². The summed E-state index contributed by atoms with van der Waals surface area (Å²) in [5.74, 6) is -0.537. The van der Waals surface area contributed by atoms with Crippen LogP contribution in [0.4, 0.5) is 25.1 Å². The van der Waals surface area contributed by atoms with E-state index in [9.17, 15) is 24.2 Å². The van der Waals surface area contributed by atoms with E-state index in [2.05, 4.69) is 5.10 Å². The normalized spacial score (nSPS) is 24.8. The zero-order chi connectivity index (χ0) is 24.0. The minimum Gasteiger partial charge on any atom is -0.399 e. The molecule has 3 heterocycles. The first-order valence-electron chi connectivity index (χ1n) is 9.90. The molecule has 2 aliphatic rings. The molecule has 0 saturated carbocycles. The molecule has 1 aromatic heterocycles. The number of anilines is 1. The van der Waals surface area contributed by atoms with Gasteiger partial charge in [-0.1, -0.05) is 19.4 Å². The van der Waals surface area contributed by atoms with E-state index in [0.29, 0.717) is 17.6 Å². The standard InChI is InChI=1S/C19H23BF5N3O3S/c1-12-11-27(13-6-8-14(9-7-13)32(21,22,23,24)25)17(29)16-15(10-26-28(12)16)20-30-18(2,3)19(4,5)31-20/h6-10,12H,11H2,1-5H3. The Balaban J connectivity index is 1.70. The van der Waals surface area contributed by atoms with Crippen LogP contribution in [0.25, 0.3) is 0 Å². The van der Waals surface area contributed by atoms with Crippen LogP contribution in [0.2, 0.25) is 0 Å². The molecule has 1 unspecified atom stereocenters. The maximum Gasteiger partial charge on any atom is 0.498 e. The fraction of sp³-hybridized carbons (Fsp3) is 0.474. The SMILES string of the molecule is CC1CN(c2ccc(S(F)(F)(F)(F)F)cc2)C(=O)c2c(B3OC(C)(C)C(C)(C)O3)cnn21. The fourth-order valence-electron chi connectivity index (χ4n) is 3.73. The summed E-state index contributed by atoms with van der Waals surface area (Å²) in [7, 11) is -10.7. The van der Waals surface area contributed by atoms with E-state index in [1.807, 2.05) is 27.7 Å². The number of aromatic nitrogens is 2. The molecule has 0 radical (unpaired) electrons.